The monoisotopic (exact) mass is 232 g/mol. The highest BCUT2D eigenvalue weighted by molar-refractivity contribution is 5.14. The molecule has 2 atom stereocenters. The van der Waals surface area contributed by atoms with E-state index in [1.165, 1.54) is 31.4 Å². The molecule has 1 aliphatic rings. The highest BCUT2D eigenvalue weighted by Crippen LogP contribution is 2.14. The zero-order chi connectivity index (χ0) is 12.1. The first kappa shape index (κ1) is 12.6. The molecule has 1 aromatic carbocycles. The molecule has 2 nitrogen and oxygen atoms in total. The molecule has 1 heterocycles. The topological polar surface area (TPSA) is 15.3 Å². The van der Waals surface area contributed by atoms with Gasteiger partial charge in [0.05, 0.1) is 0 Å². The van der Waals surface area contributed by atoms with E-state index in [9.17, 15) is 0 Å². The third kappa shape index (κ3) is 3.55. The van der Waals surface area contributed by atoms with Crippen molar-refractivity contribution >= 4 is 0 Å². The van der Waals surface area contributed by atoms with Gasteiger partial charge in [-0.25, -0.2) is 0 Å². The Morgan fingerprint density at radius 3 is 2.76 bits per heavy atom. The van der Waals surface area contributed by atoms with E-state index in [2.05, 4.69) is 54.5 Å². The third-order valence-corrected chi connectivity index (χ3v) is 4.00. The van der Waals surface area contributed by atoms with Crippen molar-refractivity contribution in [3.63, 3.8) is 0 Å². The first-order valence-corrected chi connectivity index (χ1v) is 6.74. The predicted molar refractivity (Wildman–Crippen MR) is 73.3 cm³/mol. The molecule has 1 N–H and O–H groups in total. The lowest BCUT2D eigenvalue weighted by Crippen LogP contribution is -2.40. The van der Waals surface area contributed by atoms with Crippen molar-refractivity contribution in [2.24, 2.45) is 0 Å². The average molecular weight is 232 g/mol. The normalized spacial score (nSPS) is 21.9. The Bertz CT molecular complexity index is 317. The summed E-state index contributed by atoms with van der Waals surface area (Å²) in [4.78, 5) is 2.54. The molecule has 1 aromatic rings. The Hall–Kier alpha value is -0.860. The summed E-state index contributed by atoms with van der Waals surface area (Å²) in [5.74, 6) is 0. The Morgan fingerprint density at radius 1 is 1.35 bits per heavy atom. The number of likely N-dealkylation sites (N-methyl/N-ethyl adjacent to an activating group) is 1. The Morgan fingerprint density at radius 2 is 2.12 bits per heavy atom. The summed E-state index contributed by atoms with van der Waals surface area (Å²) < 4.78 is 0. The lowest BCUT2D eigenvalue weighted by molar-refractivity contribution is 0.187. The number of nitrogens with one attached hydrogen (secondary N) is 1. The Balaban J connectivity index is 1.78. The van der Waals surface area contributed by atoms with Crippen LogP contribution in [0.5, 0.6) is 0 Å². The van der Waals surface area contributed by atoms with Crippen molar-refractivity contribution in [3.8, 4) is 0 Å². The minimum atomic E-state index is 0.667. The molecule has 17 heavy (non-hydrogen) atoms. The lowest BCUT2D eigenvalue weighted by atomic mass is 10.0. The molecule has 0 spiro atoms. The highest BCUT2D eigenvalue weighted by Gasteiger charge is 2.22. The molecule has 1 fully saturated rings. The summed E-state index contributed by atoms with van der Waals surface area (Å²) in [6, 6.07) is 12.2. The predicted octanol–water partition coefficient (Wildman–Crippen LogP) is 2.30. The van der Waals surface area contributed by atoms with Gasteiger partial charge in [0.2, 0.25) is 0 Å². The van der Waals surface area contributed by atoms with Crippen LogP contribution in [0.25, 0.3) is 0 Å². The van der Waals surface area contributed by atoms with Crippen molar-refractivity contribution in [3.05, 3.63) is 35.9 Å². The van der Waals surface area contributed by atoms with Crippen molar-refractivity contribution < 1.29 is 0 Å². The number of aryl methyl sites for hydroxylation is 1. The fourth-order valence-electron chi connectivity index (χ4n) is 2.57. The molecule has 0 radical (unpaired) electrons. The van der Waals surface area contributed by atoms with Crippen LogP contribution in [0.2, 0.25) is 0 Å². The molecule has 2 heteroatoms. The molecule has 2 unspecified atom stereocenters. The molecule has 0 aliphatic carbocycles. The van der Waals surface area contributed by atoms with Crippen molar-refractivity contribution in [1.29, 1.82) is 0 Å². The average Bonchev–Trinajstić information content (AvgIpc) is 2.90. The Kier molecular flexibility index (Phi) is 4.57. The minimum absolute atomic E-state index is 0.667. The molecule has 1 aliphatic heterocycles. The van der Waals surface area contributed by atoms with E-state index in [-0.39, 0.29) is 0 Å². The number of nitrogens with zero attached hydrogens (tertiary/aromatic N) is 1. The van der Waals surface area contributed by atoms with E-state index < -0.39 is 0 Å². The molecule has 0 bridgehead atoms. The number of benzene rings is 1. The van der Waals surface area contributed by atoms with Crippen LogP contribution in [0.15, 0.2) is 30.3 Å². The first-order chi connectivity index (χ1) is 8.27. The molecule has 0 saturated carbocycles. The molecule has 0 amide bonds. The van der Waals surface area contributed by atoms with Gasteiger partial charge in [-0.1, -0.05) is 30.3 Å². The quantitative estimate of drug-likeness (QED) is 0.838. The smallest absolute Gasteiger partial charge is 0.0232 e. The van der Waals surface area contributed by atoms with Gasteiger partial charge in [0, 0.05) is 18.6 Å². The van der Waals surface area contributed by atoms with E-state index in [1.807, 2.05) is 0 Å². The van der Waals surface area contributed by atoms with E-state index in [4.69, 9.17) is 0 Å². The van der Waals surface area contributed by atoms with Gasteiger partial charge in [-0.05, 0) is 45.3 Å². The molecule has 94 valence electrons. The maximum Gasteiger partial charge on any atom is 0.0232 e. The van der Waals surface area contributed by atoms with Crippen LogP contribution in [-0.4, -0.2) is 37.1 Å². The summed E-state index contributed by atoms with van der Waals surface area (Å²) in [5, 5.41) is 3.44. The largest absolute Gasteiger partial charge is 0.315 e. The molecular weight excluding hydrogens is 208 g/mol. The van der Waals surface area contributed by atoms with Gasteiger partial charge in [0.15, 0.2) is 0 Å². The van der Waals surface area contributed by atoms with Crippen LogP contribution < -0.4 is 5.32 Å². The van der Waals surface area contributed by atoms with Crippen molar-refractivity contribution in [2.75, 3.05) is 20.1 Å². The fraction of sp³-hybridized carbons (Fsp3) is 0.600. The maximum atomic E-state index is 3.44. The number of hydrogen-bond acceptors (Lipinski definition) is 2. The molecular formula is C15H24N2. The maximum absolute atomic E-state index is 3.44. The van der Waals surface area contributed by atoms with Gasteiger partial charge in [-0.15, -0.1) is 0 Å². The van der Waals surface area contributed by atoms with Gasteiger partial charge in [0.1, 0.15) is 0 Å². The Labute approximate surface area is 105 Å². The third-order valence-electron chi connectivity index (χ3n) is 4.00. The second kappa shape index (κ2) is 6.18. The van der Waals surface area contributed by atoms with Gasteiger partial charge < -0.3 is 5.32 Å². The summed E-state index contributed by atoms with van der Waals surface area (Å²) in [6.45, 7) is 4.69. The zero-order valence-electron chi connectivity index (χ0n) is 11.0. The van der Waals surface area contributed by atoms with Crippen LogP contribution in [0.1, 0.15) is 25.3 Å². The molecule has 2 rings (SSSR count). The van der Waals surface area contributed by atoms with Gasteiger partial charge in [-0.3, -0.25) is 4.90 Å². The highest BCUT2D eigenvalue weighted by atomic mass is 15.2. The van der Waals surface area contributed by atoms with E-state index in [0.29, 0.717) is 6.04 Å². The lowest BCUT2D eigenvalue weighted by Gasteiger charge is -2.30. The summed E-state index contributed by atoms with van der Waals surface area (Å²) in [6.07, 6.45) is 3.73. The van der Waals surface area contributed by atoms with E-state index >= 15 is 0 Å². The molecule has 1 saturated heterocycles. The number of rotatable bonds is 5. The van der Waals surface area contributed by atoms with Gasteiger partial charge in [-0.2, -0.15) is 0 Å². The van der Waals surface area contributed by atoms with Gasteiger partial charge >= 0.3 is 0 Å². The van der Waals surface area contributed by atoms with Crippen molar-refractivity contribution in [1.82, 2.24) is 10.2 Å². The van der Waals surface area contributed by atoms with Crippen LogP contribution in [-0.2, 0) is 6.42 Å². The molecule has 0 aromatic heterocycles. The second-order valence-electron chi connectivity index (χ2n) is 5.19. The van der Waals surface area contributed by atoms with Crippen molar-refractivity contribution in [2.45, 2.75) is 38.3 Å². The first-order valence-electron chi connectivity index (χ1n) is 6.74. The summed E-state index contributed by atoms with van der Waals surface area (Å²) in [7, 11) is 2.27. The fourth-order valence-corrected chi connectivity index (χ4v) is 2.57. The number of hydrogen-bond donors (Lipinski definition) is 1. The van der Waals surface area contributed by atoms with Crippen LogP contribution in [0.3, 0.4) is 0 Å². The van der Waals surface area contributed by atoms with Gasteiger partial charge in [0.25, 0.3) is 0 Å². The standard InChI is InChI=1S/C15H24N2/c1-13(17(2)15-10-11-16-12-15)8-9-14-6-4-3-5-7-14/h3-7,13,15-16H,8-12H2,1-2H3. The van der Waals surface area contributed by atoms with E-state index in [0.717, 1.165) is 12.6 Å². The second-order valence-corrected chi connectivity index (χ2v) is 5.19. The summed E-state index contributed by atoms with van der Waals surface area (Å²) in [5.41, 5.74) is 1.46. The SMILES string of the molecule is CC(CCc1ccccc1)N(C)C1CCNC1. The minimum Gasteiger partial charge on any atom is -0.315 e. The summed E-state index contributed by atoms with van der Waals surface area (Å²) >= 11 is 0. The van der Waals surface area contributed by atoms with Crippen LogP contribution in [0.4, 0.5) is 0 Å². The zero-order valence-corrected chi connectivity index (χ0v) is 11.0. The van der Waals surface area contributed by atoms with E-state index in [1.54, 1.807) is 0 Å². The van der Waals surface area contributed by atoms with Crippen LogP contribution in [0, 0.1) is 0 Å². The van der Waals surface area contributed by atoms with Crippen LogP contribution >= 0.6 is 0 Å².